The normalized spacial score (nSPS) is 27.9. The van der Waals surface area contributed by atoms with Crippen molar-refractivity contribution in [1.29, 1.82) is 0 Å². The number of thioether (sulfide) groups is 1. The van der Waals surface area contributed by atoms with Gasteiger partial charge in [-0.15, -0.1) is 11.8 Å². The second-order valence-corrected chi connectivity index (χ2v) is 36.7. The summed E-state index contributed by atoms with van der Waals surface area (Å²) in [7, 11) is 0. The molecule has 0 amide bonds. The van der Waals surface area contributed by atoms with Gasteiger partial charge in [0.25, 0.3) is 0 Å². The van der Waals surface area contributed by atoms with Crippen molar-refractivity contribution >= 4 is 69.2 Å². The SMILES string of the molecule is CSC1=C(C2B3c4cc5c(cc4N(c4ccc6c(c4)C(C)(C)CCC6(C)C)c4cc(N6c7ccc(-c8ccccc8)cc7C7(C)CCCCC67C)cc(c43)N2c2ccc3c(c2)C(C)(C)CCC3(C)C)C(C)(C)CCC5(C)C)C=C2C(C1)C(C)(C)CCC2(C)C. The highest BCUT2D eigenvalue weighted by Gasteiger charge is 2.60. The first-order chi connectivity index (χ1) is 41.7. The molecule has 9 aliphatic rings. The Balaban J connectivity index is 1.09. The number of hydrogen-bond donors (Lipinski definition) is 0. The lowest BCUT2D eigenvalue weighted by Gasteiger charge is -2.51. The minimum Gasteiger partial charge on any atom is -0.341 e. The maximum Gasteiger partial charge on any atom is 0.247 e. The highest BCUT2D eigenvalue weighted by Crippen LogP contribution is 2.65. The molecule has 4 atom stereocenters. The van der Waals surface area contributed by atoms with Crippen LogP contribution in [0, 0.1) is 16.7 Å². The van der Waals surface area contributed by atoms with Crippen LogP contribution >= 0.6 is 11.8 Å². The van der Waals surface area contributed by atoms with E-state index in [2.05, 4.69) is 273 Å². The van der Waals surface area contributed by atoms with Gasteiger partial charge in [-0.2, -0.15) is 0 Å². The van der Waals surface area contributed by atoms with Crippen molar-refractivity contribution in [1.82, 2.24) is 0 Å². The topological polar surface area (TPSA) is 9.72 Å². The van der Waals surface area contributed by atoms with E-state index in [9.17, 15) is 0 Å². The molecule has 0 aromatic heterocycles. The summed E-state index contributed by atoms with van der Waals surface area (Å²) in [6.45, 7) is 46.1. The number of fused-ring (bicyclic) bond motifs is 9. The molecule has 2 fully saturated rings. The molecule has 6 aliphatic carbocycles. The van der Waals surface area contributed by atoms with Crippen LogP contribution in [0.5, 0.6) is 0 Å². The van der Waals surface area contributed by atoms with Crippen molar-refractivity contribution in [3.05, 3.63) is 170 Å². The summed E-state index contributed by atoms with van der Waals surface area (Å²) in [5, 5.41) is 0. The fourth-order valence-corrected chi connectivity index (χ4v) is 21.0. The van der Waals surface area contributed by atoms with E-state index in [0.29, 0.717) is 5.92 Å². The molecule has 3 aliphatic heterocycles. The van der Waals surface area contributed by atoms with Crippen LogP contribution in [-0.4, -0.2) is 24.4 Å². The number of benzene rings is 6. The Morgan fingerprint density at radius 2 is 0.966 bits per heavy atom. The predicted octanol–water partition coefficient (Wildman–Crippen LogP) is 22.0. The second kappa shape index (κ2) is 19.4. The van der Waals surface area contributed by atoms with Gasteiger partial charge in [-0.05, 0) is 259 Å². The van der Waals surface area contributed by atoms with Crippen molar-refractivity contribution in [2.75, 3.05) is 21.0 Å². The average Bonchev–Trinajstić information content (AvgIpc) is 1.71. The van der Waals surface area contributed by atoms with Gasteiger partial charge in [0, 0.05) is 51.2 Å². The number of nitrogens with zero attached hydrogens (tertiary/aromatic N) is 3. The molecule has 0 N–H and O–H groups in total. The lowest BCUT2D eigenvalue weighted by molar-refractivity contribution is 0.122. The van der Waals surface area contributed by atoms with Crippen LogP contribution in [0.4, 0.5) is 39.8 Å². The summed E-state index contributed by atoms with van der Waals surface area (Å²) in [5.74, 6) is 0.513. The van der Waals surface area contributed by atoms with Crippen LogP contribution < -0.4 is 25.6 Å². The Labute approximate surface area is 542 Å². The summed E-state index contributed by atoms with van der Waals surface area (Å²) < 4.78 is 0. The molecular weight excluding hydrogens is 1090 g/mol. The highest BCUT2D eigenvalue weighted by molar-refractivity contribution is 8.02. The Bertz CT molecular complexity index is 4030. The molecule has 6 aromatic carbocycles. The van der Waals surface area contributed by atoms with Gasteiger partial charge in [0.15, 0.2) is 0 Å². The van der Waals surface area contributed by atoms with Crippen molar-refractivity contribution in [3.8, 4) is 11.1 Å². The van der Waals surface area contributed by atoms with E-state index in [1.807, 2.05) is 0 Å². The largest absolute Gasteiger partial charge is 0.341 e. The third-order valence-corrected chi connectivity index (χ3v) is 27.8. The smallest absolute Gasteiger partial charge is 0.247 e. The van der Waals surface area contributed by atoms with Gasteiger partial charge >= 0.3 is 0 Å². The zero-order valence-corrected chi connectivity index (χ0v) is 59.0. The molecule has 15 rings (SSSR count). The van der Waals surface area contributed by atoms with Crippen LogP contribution in [0.25, 0.3) is 11.1 Å². The molecule has 3 heterocycles. The summed E-state index contributed by atoms with van der Waals surface area (Å²) in [6, 6.07) is 45.6. The molecule has 0 spiro atoms. The maximum atomic E-state index is 2.99. The van der Waals surface area contributed by atoms with Gasteiger partial charge in [-0.3, -0.25) is 0 Å². The summed E-state index contributed by atoms with van der Waals surface area (Å²) in [4.78, 5) is 10.4. The number of anilines is 7. The molecule has 5 heteroatoms. The molecular formula is C84H104BN3S. The Hall–Kier alpha value is -5.39. The van der Waals surface area contributed by atoms with Crippen molar-refractivity contribution < 1.29 is 0 Å². The fraction of sp³-hybridized carbons (Fsp3) is 0.524. The number of allylic oxidation sites excluding steroid dienone is 2. The van der Waals surface area contributed by atoms with E-state index in [-0.39, 0.29) is 66.9 Å². The number of hydrogen-bond acceptors (Lipinski definition) is 4. The molecule has 0 bridgehead atoms. The quantitative estimate of drug-likeness (QED) is 0.154. The molecule has 6 aromatic rings. The van der Waals surface area contributed by atoms with E-state index in [1.165, 1.54) is 166 Å². The molecule has 0 saturated heterocycles. The standard InChI is InChI=1S/C84H104BN3S/c1-75(2)35-37-77(5,6)60-44-54(28-30-58(60)75)86-69-50-64-63(80(11,12)40-41-81(64,13)14)49-67(69)85-73-70(86)46-56(88-68-32-27-53(52-25-21-20-22-26-52)43-66(68)83(17)33-23-24-34-84(83,88)18)47-71(73)87(55-29-31-59-61(45-55)78(7,8)38-36-76(59,3)4)74(85)57-48-62-65(51-72(57)89-19)82(15,16)42-39-79(62,9)10/h20-22,25-32,43-50,65,74H,23-24,33-42,51H2,1-19H3. The summed E-state index contributed by atoms with van der Waals surface area (Å²) in [5.41, 5.74) is 29.5. The van der Waals surface area contributed by atoms with E-state index in [0.717, 1.165) is 12.8 Å². The minimum absolute atomic E-state index is 0.00487. The Kier molecular flexibility index (Phi) is 13.0. The van der Waals surface area contributed by atoms with E-state index in [4.69, 9.17) is 0 Å². The summed E-state index contributed by atoms with van der Waals surface area (Å²) >= 11 is 2.06. The molecule has 0 radical (unpaired) electrons. The van der Waals surface area contributed by atoms with Crippen LogP contribution in [0.1, 0.15) is 247 Å². The third-order valence-electron chi connectivity index (χ3n) is 26.9. The first-order valence-corrected chi connectivity index (χ1v) is 36.2. The monoisotopic (exact) mass is 1200 g/mol. The van der Waals surface area contributed by atoms with Crippen molar-refractivity contribution in [2.45, 2.75) is 257 Å². The maximum absolute atomic E-state index is 2.99. The third kappa shape index (κ3) is 8.62. The van der Waals surface area contributed by atoms with Crippen LogP contribution in [0.2, 0.25) is 0 Å². The van der Waals surface area contributed by atoms with Crippen LogP contribution in [0.15, 0.2) is 131 Å². The van der Waals surface area contributed by atoms with Gasteiger partial charge in [0.05, 0.1) is 5.54 Å². The van der Waals surface area contributed by atoms with E-state index < -0.39 is 0 Å². The minimum atomic E-state index is -0.169. The van der Waals surface area contributed by atoms with E-state index >= 15 is 0 Å². The Morgan fingerprint density at radius 1 is 0.427 bits per heavy atom. The zero-order chi connectivity index (χ0) is 62.9. The Morgan fingerprint density at radius 3 is 1.58 bits per heavy atom. The second-order valence-electron chi connectivity index (χ2n) is 35.8. The molecule has 89 heavy (non-hydrogen) atoms. The van der Waals surface area contributed by atoms with Gasteiger partial charge in [-0.25, -0.2) is 0 Å². The lowest BCUT2D eigenvalue weighted by atomic mass is 9.34. The van der Waals surface area contributed by atoms with Crippen LogP contribution in [0.3, 0.4) is 0 Å². The molecule has 3 nitrogen and oxygen atoms in total. The zero-order valence-electron chi connectivity index (χ0n) is 58.1. The van der Waals surface area contributed by atoms with Gasteiger partial charge in [-0.1, -0.05) is 197 Å². The molecule has 464 valence electrons. The summed E-state index contributed by atoms with van der Waals surface area (Å²) in [6.07, 6.45) is 20.8. The van der Waals surface area contributed by atoms with Gasteiger partial charge in [0.2, 0.25) is 6.71 Å². The predicted molar refractivity (Wildman–Crippen MR) is 386 cm³/mol. The van der Waals surface area contributed by atoms with Crippen molar-refractivity contribution in [2.24, 2.45) is 16.7 Å². The average molecular weight is 1200 g/mol. The van der Waals surface area contributed by atoms with E-state index in [1.54, 1.807) is 21.6 Å². The van der Waals surface area contributed by atoms with Crippen molar-refractivity contribution in [3.63, 3.8) is 0 Å². The molecule has 2 saturated carbocycles. The first-order valence-electron chi connectivity index (χ1n) is 35.0. The highest BCUT2D eigenvalue weighted by atomic mass is 32.2. The van der Waals surface area contributed by atoms with Gasteiger partial charge in [0.1, 0.15) is 0 Å². The number of rotatable bonds is 6. The first kappa shape index (κ1) is 59.9. The fourth-order valence-electron chi connectivity index (χ4n) is 20.2. The molecule has 4 unspecified atom stereocenters. The lowest BCUT2D eigenvalue weighted by Crippen LogP contribution is -2.57. The van der Waals surface area contributed by atoms with Crippen LogP contribution in [-0.2, 0) is 37.9 Å². The van der Waals surface area contributed by atoms with Gasteiger partial charge < -0.3 is 14.7 Å².